The van der Waals surface area contributed by atoms with Gasteiger partial charge in [-0.15, -0.1) is 0 Å². The molecule has 0 bridgehead atoms. The molecule has 0 aliphatic carbocycles. The summed E-state index contributed by atoms with van der Waals surface area (Å²) in [7, 11) is 0. The van der Waals surface area contributed by atoms with Gasteiger partial charge in [0.05, 0.1) is 24.9 Å². The number of nitrogens with zero attached hydrogens (tertiary/aromatic N) is 2. The Morgan fingerprint density at radius 2 is 1.77 bits per heavy atom. The molecule has 1 aromatic heterocycles. The molecule has 1 N–H and O–H groups in total. The number of hydrogen-bond acceptors (Lipinski definition) is 5. The molecule has 4 rings (SSSR count). The van der Waals surface area contributed by atoms with Crippen LogP contribution in [0.4, 0.5) is 5.69 Å². The van der Waals surface area contributed by atoms with Crippen LogP contribution in [0.5, 0.6) is 0 Å². The van der Waals surface area contributed by atoms with Gasteiger partial charge in [0, 0.05) is 34.9 Å². The maximum Gasteiger partial charge on any atom is 0.254 e. The highest BCUT2D eigenvalue weighted by atomic mass is 35.5. The van der Waals surface area contributed by atoms with Crippen LogP contribution in [-0.4, -0.2) is 41.1 Å². The number of anilines is 1. The Bertz CT molecular complexity index is 991. The second-order valence-electron chi connectivity index (χ2n) is 7.52. The van der Waals surface area contributed by atoms with Crippen LogP contribution in [0, 0.1) is 0 Å². The molecule has 7 heteroatoms. The molecule has 1 aliphatic heterocycles. The second kappa shape index (κ2) is 8.90. The first kappa shape index (κ1) is 20.4. The number of halogens is 1. The zero-order chi connectivity index (χ0) is 21.1. The molecule has 3 aromatic rings. The minimum atomic E-state index is 0.0313. The fraction of sp³-hybridized carbons (Fsp3) is 0.304. The molecule has 1 amide bonds. The smallest absolute Gasteiger partial charge is 0.254 e. The minimum Gasteiger partial charge on any atom is -0.439 e. The molecule has 0 saturated carbocycles. The highest BCUT2D eigenvalue weighted by Gasteiger charge is 2.26. The first-order valence-corrected chi connectivity index (χ1v) is 10.3. The van der Waals surface area contributed by atoms with E-state index in [4.69, 9.17) is 20.8 Å². The summed E-state index contributed by atoms with van der Waals surface area (Å²) in [4.78, 5) is 18.9. The zero-order valence-electron chi connectivity index (χ0n) is 17.0. The van der Waals surface area contributed by atoms with E-state index in [2.05, 4.69) is 10.3 Å². The van der Waals surface area contributed by atoms with Crippen molar-refractivity contribution in [3.05, 3.63) is 71.2 Å². The van der Waals surface area contributed by atoms with Gasteiger partial charge in [0.1, 0.15) is 0 Å². The fourth-order valence-electron chi connectivity index (χ4n) is 3.57. The van der Waals surface area contributed by atoms with Gasteiger partial charge in [-0.3, -0.25) is 4.79 Å². The average molecular weight is 426 g/mol. The Labute approximate surface area is 180 Å². The van der Waals surface area contributed by atoms with E-state index >= 15 is 0 Å². The zero-order valence-corrected chi connectivity index (χ0v) is 17.7. The van der Waals surface area contributed by atoms with E-state index in [-0.39, 0.29) is 18.1 Å². The molecule has 2 heterocycles. The maximum absolute atomic E-state index is 12.8. The van der Waals surface area contributed by atoms with Crippen LogP contribution in [0.2, 0.25) is 5.02 Å². The number of rotatable bonds is 5. The predicted molar refractivity (Wildman–Crippen MR) is 117 cm³/mol. The number of morpholine rings is 1. The van der Waals surface area contributed by atoms with Crippen LogP contribution in [0.1, 0.15) is 30.1 Å². The first-order valence-electron chi connectivity index (χ1n) is 9.97. The van der Waals surface area contributed by atoms with Gasteiger partial charge in [0.2, 0.25) is 5.89 Å². The summed E-state index contributed by atoms with van der Waals surface area (Å²) in [6.07, 6.45) is 1.81. The van der Waals surface area contributed by atoms with Gasteiger partial charge in [-0.2, -0.15) is 0 Å². The van der Waals surface area contributed by atoms with Crippen LogP contribution >= 0.6 is 11.6 Å². The van der Waals surface area contributed by atoms with Crippen molar-refractivity contribution in [1.29, 1.82) is 0 Å². The van der Waals surface area contributed by atoms with Crippen molar-refractivity contribution >= 4 is 23.2 Å². The molecule has 156 valence electrons. The largest absolute Gasteiger partial charge is 0.439 e. The molecule has 0 radical (unpaired) electrons. The first-order chi connectivity index (χ1) is 14.5. The van der Waals surface area contributed by atoms with Crippen LogP contribution in [0.3, 0.4) is 0 Å². The van der Waals surface area contributed by atoms with E-state index in [1.54, 1.807) is 6.20 Å². The topological polar surface area (TPSA) is 67.6 Å². The Kier molecular flexibility index (Phi) is 6.06. The molecule has 1 aliphatic rings. The molecule has 2 atom stereocenters. The van der Waals surface area contributed by atoms with Crippen molar-refractivity contribution in [2.45, 2.75) is 32.6 Å². The van der Waals surface area contributed by atoms with Crippen molar-refractivity contribution in [2.75, 3.05) is 18.4 Å². The lowest BCUT2D eigenvalue weighted by atomic mass is 10.1. The number of ether oxygens (including phenoxy) is 1. The lowest BCUT2D eigenvalue weighted by Gasteiger charge is -2.35. The summed E-state index contributed by atoms with van der Waals surface area (Å²) >= 11 is 5.92. The third-order valence-electron chi connectivity index (χ3n) is 4.96. The van der Waals surface area contributed by atoms with Gasteiger partial charge in [-0.25, -0.2) is 4.98 Å². The van der Waals surface area contributed by atoms with Gasteiger partial charge in [-0.1, -0.05) is 11.6 Å². The normalized spacial score (nSPS) is 19.0. The van der Waals surface area contributed by atoms with E-state index in [9.17, 15) is 4.79 Å². The number of hydrogen-bond donors (Lipinski definition) is 1. The van der Waals surface area contributed by atoms with E-state index in [0.717, 1.165) is 11.3 Å². The maximum atomic E-state index is 12.8. The molecule has 2 aromatic carbocycles. The third-order valence-corrected chi connectivity index (χ3v) is 5.22. The summed E-state index contributed by atoms with van der Waals surface area (Å²) in [5.74, 6) is 1.30. The van der Waals surface area contributed by atoms with E-state index in [1.165, 1.54) is 0 Å². The lowest BCUT2D eigenvalue weighted by molar-refractivity contribution is -0.0586. The number of nitrogens with one attached hydrogen (secondary N) is 1. The van der Waals surface area contributed by atoms with Crippen molar-refractivity contribution in [3.8, 4) is 11.3 Å². The molecule has 0 spiro atoms. The van der Waals surface area contributed by atoms with Gasteiger partial charge < -0.3 is 19.4 Å². The standard InChI is InChI=1S/C23H24ClN3O3/c1-15-13-27(14-16(2)29-15)23(28)18-5-9-20(10-6-18)25-12-22-26-11-21(30-22)17-3-7-19(24)8-4-17/h3-11,15-16,25H,12-14H2,1-2H3. The monoisotopic (exact) mass is 425 g/mol. The Morgan fingerprint density at radius 3 is 2.43 bits per heavy atom. The molecular formula is C23H24ClN3O3. The molecular weight excluding hydrogens is 402 g/mol. The summed E-state index contributed by atoms with van der Waals surface area (Å²) in [5.41, 5.74) is 2.48. The van der Waals surface area contributed by atoms with Gasteiger partial charge in [0.15, 0.2) is 5.76 Å². The second-order valence-corrected chi connectivity index (χ2v) is 7.96. The molecule has 1 fully saturated rings. The Balaban J connectivity index is 1.35. The van der Waals surface area contributed by atoms with Gasteiger partial charge in [0.25, 0.3) is 5.91 Å². The van der Waals surface area contributed by atoms with Crippen LogP contribution in [0.15, 0.2) is 59.1 Å². The SMILES string of the molecule is CC1CN(C(=O)c2ccc(NCc3ncc(-c4ccc(Cl)cc4)o3)cc2)CC(C)O1. The third kappa shape index (κ3) is 4.83. The molecule has 1 saturated heterocycles. The number of carbonyl (C=O) groups is 1. The predicted octanol–water partition coefficient (Wildman–Crippen LogP) is 4.86. The molecule has 6 nitrogen and oxygen atoms in total. The molecule has 30 heavy (non-hydrogen) atoms. The fourth-order valence-corrected chi connectivity index (χ4v) is 3.70. The van der Waals surface area contributed by atoms with Crippen LogP contribution in [0.25, 0.3) is 11.3 Å². The van der Waals surface area contributed by atoms with Crippen molar-refractivity contribution in [2.24, 2.45) is 0 Å². The van der Waals surface area contributed by atoms with E-state index in [0.29, 0.717) is 41.9 Å². The summed E-state index contributed by atoms with van der Waals surface area (Å²) in [6.45, 7) is 5.65. The van der Waals surface area contributed by atoms with Crippen LogP contribution in [-0.2, 0) is 11.3 Å². The Morgan fingerprint density at radius 1 is 1.10 bits per heavy atom. The van der Waals surface area contributed by atoms with Crippen molar-refractivity contribution < 1.29 is 13.9 Å². The number of aromatic nitrogens is 1. The quantitative estimate of drug-likeness (QED) is 0.632. The lowest BCUT2D eigenvalue weighted by Crippen LogP contribution is -2.48. The summed E-state index contributed by atoms with van der Waals surface area (Å²) < 4.78 is 11.5. The highest BCUT2D eigenvalue weighted by molar-refractivity contribution is 6.30. The van der Waals surface area contributed by atoms with Crippen LogP contribution < -0.4 is 5.32 Å². The summed E-state index contributed by atoms with van der Waals surface area (Å²) in [6, 6.07) is 14.9. The molecule has 2 unspecified atom stereocenters. The van der Waals surface area contributed by atoms with E-state index in [1.807, 2.05) is 67.3 Å². The van der Waals surface area contributed by atoms with E-state index < -0.39 is 0 Å². The van der Waals surface area contributed by atoms with Crippen molar-refractivity contribution in [1.82, 2.24) is 9.88 Å². The Hall–Kier alpha value is -2.83. The minimum absolute atomic E-state index is 0.0313. The number of oxazole rings is 1. The number of amides is 1. The summed E-state index contributed by atoms with van der Waals surface area (Å²) in [5, 5.41) is 3.95. The van der Waals surface area contributed by atoms with Crippen molar-refractivity contribution in [3.63, 3.8) is 0 Å². The highest BCUT2D eigenvalue weighted by Crippen LogP contribution is 2.23. The van der Waals surface area contributed by atoms with Gasteiger partial charge in [-0.05, 0) is 62.4 Å². The number of carbonyl (C=O) groups excluding carboxylic acids is 1. The average Bonchev–Trinajstić information content (AvgIpc) is 3.21. The number of benzene rings is 2. The van der Waals surface area contributed by atoms with Gasteiger partial charge >= 0.3 is 0 Å².